The van der Waals surface area contributed by atoms with Gasteiger partial charge in [0.05, 0.1) is 12.9 Å². The zero-order valence-corrected chi connectivity index (χ0v) is 15.2. The van der Waals surface area contributed by atoms with E-state index in [0.29, 0.717) is 5.89 Å². The molecule has 26 heavy (non-hydrogen) atoms. The zero-order valence-electron chi connectivity index (χ0n) is 14.4. The van der Waals surface area contributed by atoms with Crippen molar-refractivity contribution in [2.45, 2.75) is 36.9 Å². The summed E-state index contributed by atoms with van der Waals surface area (Å²) < 4.78 is 10.6. The molecule has 0 unspecified atom stereocenters. The molecular weight excluding hydrogens is 356 g/mol. The van der Waals surface area contributed by atoms with Crippen LogP contribution in [-0.2, 0) is 4.79 Å². The monoisotopic (exact) mass is 376 g/mol. The summed E-state index contributed by atoms with van der Waals surface area (Å²) in [6.45, 7) is 0. The average molecular weight is 376 g/mol. The summed E-state index contributed by atoms with van der Waals surface area (Å²) in [6, 6.07) is 6.91. The molecule has 0 bridgehead atoms. The number of hydrogen-bond acceptors (Lipinski definition) is 7. The minimum Gasteiger partial charge on any atom is -0.497 e. The van der Waals surface area contributed by atoms with Gasteiger partial charge in [0.2, 0.25) is 11.8 Å². The van der Waals surface area contributed by atoms with Crippen molar-refractivity contribution in [3.63, 3.8) is 0 Å². The molecule has 0 aliphatic heterocycles. The molecule has 2 N–H and O–H groups in total. The number of aromatic nitrogens is 2. The summed E-state index contributed by atoms with van der Waals surface area (Å²) in [5, 5.41) is 13.2. The van der Waals surface area contributed by atoms with E-state index in [1.807, 2.05) is 0 Å². The molecule has 2 aromatic rings. The van der Waals surface area contributed by atoms with Crippen molar-refractivity contribution < 1.29 is 18.7 Å². The van der Waals surface area contributed by atoms with Crippen LogP contribution in [0.1, 0.15) is 25.7 Å². The van der Waals surface area contributed by atoms with Crippen LogP contribution in [0.15, 0.2) is 33.9 Å². The molecule has 0 radical (unpaired) electrons. The summed E-state index contributed by atoms with van der Waals surface area (Å²) >= 11 is 1.08. The largest absolute Gasteiger partial charge is 0.497 e. The highest BCUT2D eigenvalue weighted by Crippen LogP contribution is 2.24. The first-order chi connectivity index (χ1) is 12.6. The number of hydrogen-bond donors (Lipinski definition) is 2. The van der Waals surface area contributed by atoms with E-state index in [9.17, 15) is 9.59 Å². The number of urea groups is 1. The minimum atomic E-state index is -0.452. The fourth-order valence-electron chi connectivity index (χ4n) is 2.70. The molecule has 0 saturated heterocycles. The Morgan fingerprint density at radius 3 is 2.65 bits per heavy atom. The van der Waals surface area contributed by atoms with Crippen LogP contribution in [-0.4, -0.2) is 41.0 Å². The SMILES string of the molecule is COc1ccc(-c2nnc(SCC(=O)NC(=O)NC3CCCC3)o2)cc1. The lowest BCUT2D eigenvalue weighted by Crippen LogP contribution is -2.44. The third-order valence-electron chi connectivity index (χ3n) is 4.01. The Morgan fingerprint density at radius 2 is 1.96 bits per heavy atom. The van der Waals surface area contributed by atoms with Gasteiger partial charge in [-0.3, -0.25) is 10.1 Å². The molecule has 8 nitrogen and oxygen atoms in total. The van der Waals surface area contributed by atoms with Gasteiger partial charge in [-0.15, -0.1) is 10.2 Å². The van der Waals surface area contributed by atoms with Gasteiger partial charge in [0.1, 0.15) is 5.75 Å². The standard InChI is InChI=1S/C17H20N4O4S/c1-24-13-8-6-11(7-9-13)15-20-21-17(25-15)26-10-14(22)19-16(23)18-12-4-2-3-5-12/h6-9,12H,2-5,10H2,1H3,(H2,18,19,22,23). The Kier molecular flexibility index (Phi) is 6.11. The molecular formula is C17H20N4O4S. The average Bonchev–Trinajstić information content (AvgIpc) is 3.32. The second-order valence-electron chi connectivity index (χ2n) is 5.89. The molecule has 9 heteroatoms. The Hall–Kier alpha value is -2.55. The lowest BCUT2D eigenvalue weighted by molar-refractivity contribution is -0.117. The molecule has 1 heterocycles. The highest BCUT2D eigenvalue weighted by molar-refractivity contribution is 7.99. The van der Waals surface area contributed by atoms with Gasteiger partial charge < -0.3 is 14.5 Å². The van der Waals surface area contributed by atoms with Gasteiger partial charge in [-0.05, 0) is 37.1 Å². The molecule has 1 saturated carbocycles. The normalized spacial score (nSPS) is 14.2. The number of benzene rings is 1. The van der Waals surface area contributed by atoms with Crippen molar-refractivity contribution in [3.05, 3.63) is 24.3 Å². The number of thioether (sulfide) groups is 1. The van der Waals surface area contributed by atoms with Crippen molar-refractivity contribution >= 4 is 23.7 Å². The summed E-state index contributed by atoms with van der Waals surface area (Å²) in [7, 11) is 1.59. The third-order valence-corrected chi connectivity index (χ3v) is 4.83. The van der Waals surface area contributed by atoms with Crippen molar-refractivity contribution in [1.82, 2.24) is 20.8 Å². The Balaban J connectivity index is 1.46. The number of imide groups is 1. The first-order valence-electron chi connectivity index (χ1n) is 8.35. The van der Waals surface area contributed by atoms with Gasteiger partial charge in [0.15, 0.2) is 0 Å². The van der Waals surface area contributed by atoms with Crippen LogP contribution in [0, 0.1) is 0 Å². The first-order valence-corrected chi connectivity index (χ1v) is 9.33. The lowest BCUT2D eigenvalue weighted by Gasteiger charge is -2.11. The predicted molar refractivity (Wildman–Crippen MR) is 95.9 cm³/mol. The van der Waals surface area contributed by atoms with Gasteiger partial charge in [0, 0.05) is 11.6 Å². The van der Waals surface area contributed by atoms with E-state index in [2.05, 4.69) is 20.8 Å². The van der Waals surface area contributed by atoms with Gasteiger partial charge in [-0.25, -0.2) is 4.79 Å². The van der Waals surface area contributed by atoms with Crippen molar-refractivity contribution in [3.8, 4) is 17.2 Å². The first kappa shape index (κ1) is 18.2. The molecule has 1 aliphatic carbocycles. The quantitative estimate of drug-likeness (QED) is 0.746. The van der Waals surface area contributed by atoms with Gasteiger partial charge in [-0.1, -0.05) is 24.6 Å². The second-order valence-corrected chi connectivity index (χ2v) is 6.82. The zero-order chi connectivity index (χ0) is 18.4. The van der Waals surface area contributed by atoms with Crippen LogP contribution in [0.4, 0.5) is 4.79 Å². The van der Waals surface area contributed by atoms with Crippen molar-refractivity contribution in [1.29, 1.82) is 0 Å². The number of carbonyl (C=O) groups excluding carboxylic acids is 2. The Labute approximate surface area is 155 Å². The number of methoxy groups -OCH3 is 1. The van der Waals surface area contributed by atoms with Crippen LogP contribution >= 0.6 is 11.8 Å². The van der Waals surface area contributed by atoms with Crippen LogP contribution in [0.2, 0.25) is 0 Å². The number of carbonyl (C=O) groups is 2. The van der Waals surface area contributed by atoms with Crippen molar-refractivity contribution in [2.75, 3.05) is 12.9 Å². The molecule has 0 atom stereocenters. The Bertz CT molecular complexity index is 756. The van der Waals surface area contributed by atoms with Crippen LogP contribution in [0.5, 0.6) is 5.75 Å². The number of ether oxygens (including phenoxy) is 1. The van der Waals surface area contributed by atoms with Gasteiger partial charge in [-0.2, -0.15) is 0 Å². The van der Waals surface area contributed by atoms with E-state index in [1.54, 1.807) is 31.4 Å². The van der Waals surface area contributed by atoms with E-state index in [-0.39, 0.29) is 17.0 Å². The van der Waals surface area contributed by atoms with E-state index in [1.165, 1.54) is 0 Å². The second kappa shape index (κ2) is 8.70. The number of nitrogens with zero attached hydrogens (tertiary/aromatic N) is 2. The van der Waals surface area contributed by atoms with Crippen LogP contribution in [0.25, 0.3) is 11.5 Å². The molecule has 0 spiro atoms. The molecule has 1 aromatic carbocycles. The fourth-order valence-corrected chi connectivity index (χ4v) is 3.26. The van der Waals surface area contributed by atoms with E-state index >= 15 is 0 Å². The molecule has 138 valence electrons. The summed E-state index contributed by atoms with van der Waals surface area (Å²) in [6.07, 6.45) is 4.16. The summed E-state index contributed by atoms with van der Waals surface area (Å²) in [5.74, 6) is 0.696. The van der Waals surface area contributed by atoms with Gasteiger partial charge in [0.25, 0.3) is 5.22 Å². The highest BCUT2D eigenvalue weighted by Gasteiger charge is 2.18. The van der Waals surface area contributed by atoms with E-state index in [0.717, 1.165) is 48.8 Å². The molecule has 1 fully saturated rings. The topological polar surface area (TPSA) is 106 Å². The molecule has 3 rings (SSSR count). The summed E-state index contributed by atoms with van der Waals surface area (Å²) in [4.78, 5) is 23.6. The minimum absolute atomic E-state index is 0.0162. The van der Waals surface area contributed by atoms with Crippen LogP contribution in [0.3, 0.4) is 0 Å². The number of nitrogens with one attached hydrogen (secondary N) is 2. The fraction of sp³-hybridized carbons (Fsp3) is 0.412. The smallest absolute Gasteiger partial charge is 0.321 e. The molecule has 3 amide bonds. The maximum absolute atomic E-state index is 11.9. The number of rotatable bonds is 6. The van der Waals surface area contributed by atoms with Crippen molar-refractivity contribution in [2.24, 2.45) is 0 Å². The highest BCUT2D eigenvalue weighted by atomic mass is 32.2. The van der Waals surface area contributed by atoms with Crippen LogP contribution < -0.4 is 15.4 Å². The number of amides is 3. The van der Waals surface area contributed by atoms with E-state index < -0.39 is 11.9 Å². The van der Waals surface area contributed by atoms with E-state index in [4.69, 9.17) is 9.15 Å². The Morgan fingerprint density at radius 1 is 1.23 bits per heavy atom. The lowest BCUT2D eigenvalue weighted by atomic mass is 10.2. The maximum Gasteiger partial charge on any atom is 0.321 e. The van der Waals surface area contributed by atoms with Gasteiger partial charge >= 0.3 is 6.03 Å². The maximum atomic E-state index is 11.9. The summed E-state index contributed by atoms with van der Waals surface area (Å²) in [5.41, 5.74) is 0.755. The predicted octanol–water partition coefficient (Wildman–Crippen LogP) is 2.61. The third kappa shape index (κ3) is 4.98. The molecule has 1 aromatic heterocycles. The molecule has 1 aliphatic rings.